The van der Waals surface area contributed by atoms with E-state index in [4.69, 9.17) is 4.74 Å². The maximum Gasteiger partial charge on any atom is 0.409 e. The molecule has 0 atom stereocenters. The van der Waals surface area contributed by atoms with Crippen LogP contribution in [0.3, 0.4) is 0 Å². The molecule has 1 aliphatic heterocycles. The van der Waals surface area contributed by atoms with Crippen LogP contribution in [0, 0.1) is 0 Å². The highest BCUT2D eigenvalue weighted by Crippen LogP contribution is 2.09. The number of thiol groups is 1. The molecule has 70 valence electrons. The summed E-state index contributed by atoms with van der Waals surface area (Å²) in [5, 5.41) is 0. The molecule has 3 nitrogen and oxygen atoms in total. The molecule has 0 saturated carbocycles. The molecule has 0 aromatic carbocycles. The Labute approximate surface area is 78.5 Å². The van der Waals surface area contributed by atoms with E-state index in [-0.39, 0.29) is 6.09 Å². The van der Waals surface area contributed by atoms with Gasteiger partial charge in [0, 0.05) is 18.8 Å². The Kier molecular flexibility index (Phi) is 4.29. The third-order valence-electron chi connectivity index (χ3n) is 1.93. The zero-order valence-electron chi connectivity index (χ0n) is 7.16. The first-order valence-electron chi connectivity index (χ1n) is 4.37. The Morgan fingerprint density at radius 3 is 2.58 bits per heavy atom. The quantitative estimate of drug-likeness (QED) is 0.668. The first kappa shape index (κ1) is 9.71. The molecule has 0 bridgehead atoms. The van der Waals surface area contributed by atoms with Crippen LogP contribution in [0.25, 0.3) is 0 Å². The number of rotatable bonds is 2. The van der Waals surface area contributed by atoms with Crippen molar-refractivity contribution in [3.8, 4) is 0 Å². The third kappa shape index (κ3) is 2.93. The molecule has 1 amide bonds. The largest absolute Gasteiger partial charge is 0.449 e. The summed E-state index contributed by atoms with van der Waals surface area (Å²) in [7, 11) is 0. The Bertz CT molecular complexity index is 146. The summed E-state index contributed by atoms with van der Waals surface area (Å²) in [4.78, 5) is 13.0. The lowest BCUT2D eigenvalue weighted by atomic mass is 10.1. The maximum atomic E-state index is 11.2. The van der Waals surface area contributed by atoms with Crippen molar-refractivity contribution in [2.45, 2.75) is 19.3 Å². The Morgan fingerprint density at radius 2 is 2.00 bits per heavy atom. The van der Waals surface area contributed by atoms with Crippen LogP contribution in [0.4, 0.5) is 4.79 Å². The number of hydrogen-bond acceptors (Lipinski definition) is 3. The predicted octanol–water partition coefficient (Wildman–Crippen LogP) is 1.54. The average Bonchev–Trinajstić information content (AvgIpc) is 2.15. The summed E-state index contributed by atoms with van der Waals surface area (Å²) in [6, 6.07) is 0. The average molecular weight is 189 g/mol. The lowest BCUT2D eigenvalue weighted by molar-refractivity contribution is 0.101. The van der Waals surface area contributed by atoms with Gasteiger partial charge in [-0.05, 0) is 19.3 Å². The van der Waals surface area contributed by atoms with E-state index in [1.165, 1.54) is 6.42 Å². The number of ether oxygens (including phenoxy) is 1. The van der Waals surface area contributed by atoms with E-state index < -0.39 is 0 Å². The lowest BCUT2D eigenvalue weighted by Crippen LogP contribution is -2.36. The maximum absolute atomic E-state index is 11.2. The normalized spacial score (nSPS) is 17.6. The van der Waals surface area contributed by atoms with Crippen LogP contribution in [0.5, 0.6) is 0 Å². The van der Waals surface area contributed by atoms with Gasteiger partial charge in [-0.25, -0.2) is 4.79 Å². The van der Waals surface area contributed by atoms with E-state index in [1.54, 1.807) is 4.90 Å². The molecule has 1 fully saturated rings. The lowest BCUT2D eigenvalue weighted by Gasteiger charge is -2.25. The number of nitrogens with zero attached hydrogens (tertiary/aromatic N) is 1. The Balaban J connectivity index is 2.20. The van der Waals surface area contributed by atoms with Crippen LogP contribution in [-0.2, 0) is 4.74 Å². The summed E-state index contributed by atoms with van der Waals surface area (Å²) in [6.45, 7) is 2.12. The fourth-order valence-electron chi connectivity index (χ4n) is 1.30. The van der Waals surface area contributed by atoms with Crippen LogP contribution < -0.4 is 0 Å². The van der Waals surface area contributed by atoms with Crippen LogP contribution >= 0.6 is 12.6 Å². The van der Waals surface area contributed by atoms with Crippen molar-refractivity contribution in [1.29, 1.82) is 0 Å². The smallest absolute Gasteiger partial charge is 0.409 e. The van der Waals surface area contributed by atoms with Crippen molar-refractivity contribution in [2.75, 3.05) is 25.4 Å². The molecule has 0 spiro atoms. The van der Waals surface area contributed by atoms with Gasteiger partial charge in [0.25, 0.3) is 0 Å². The Morgan fingerprint density at radius 1 is 1.33 bits per heavy atom. The standard InChI is InChI=1S/C8H15NO2S/c10-8(11-6-7-12)9-4-2-1-3-5-9/h12H,1-7H2. The van der Waals surface area contributed by atoms with E-state index in [0.717, 1.165) is 25.9 Å². The van der Waals surface area contributed by atoms with Crippen molar-refractivity contribution >= 4 is 18.7 Å². The highest BCUT2D eigenvalue weighted by molar-refractivity contribution is 7.80. The summed E-state index contributed by atoms with van der Waals surface area (Å²) >= 11 is 3.96. The van der Waals surface area contributed by atoms with Crippen LogP contribution in [-0.4, -0.2) is 36.4 Å². The summed E-state index contributed by atoms with van der Waals surface area (Å²) in [5.41, 5.74) is 0. The number of likely N-dealkylation sites (tertiary alicyclic amines) is 1. The minimum absolute atomic E-state index is 0.177. The highest BCUT2D eigenvalue weighted by atomic mass is 32.1. The van der Waals surface area contributed by atoms with E-state index in [2.05, 4.69) is 12.6 Å². The van der Waals surface area contributed by atoms with Crippen molar-refractivity contribution in [1.82, 2.24) is 4.90 Å². The Hall–Kier alpha value is -0.380. The van der Waals surface area contributed by atoms with E-state index in [1.807, 2.05) is 0 Å². The first-order chi connectivity index (χ1) is 5.84. The highest BCUT2D eigenvalue weighted by Gasteiger charge is 2.16. The van der Waals surface area contributed by atoms with Crippen LogP contribution in [0.1, 0.15) is 19.3 Å². The zero-order chi connectivity index (χ0) is 8.81. The molecule has 1 saturated heterocycles. The molecule has 0 aliphatic carbocycles. The van der Waals surface area contributed by atoms with Gasteiger partial charge < -0.3 is 9.64 Å². The SMILES string of the molecule is O=C(OCCS)N1CCCCC1. The summed E-state index contributed by atoms with van der Waals surface area (Å²) in [5.74, 6) is 0.597. The molecular formula is C8H15NO2S. The third-order valence-corrected chi connectivity index (χ3v) is 2.11. The minimum Gasteiger partial charge on any atom is -0.449 e. The number of carbonyl (C=O) groups excluding carboxylic acids is 1. The molecule has 0 aromatic heterocycles. The van der Waals surface area contributed by atoms with Gasteiger partial charge in [0.2, 0.25) is 0 Å². The molecule has 0 radical (unpaired) electrons. The molecule has 0 N–H and O–H groups in total. The van der Waals surface area contributed by atoms with Gasteiger partial charge in [-0.3, -0.25) is 0 Å². The molecular weight excluding hydrogens is 174 g/mol. The van der Waals surface area contributed by atoms with E-state index in [9.17, 15) is 4.79 Å². The van der Waals surface area contributed by atoms with Crippen LogP contribution in [0.15, 0.2) is 0 Å². The van der Waals surface area contributed by atoms with Gasteiger partial charge in [0.1, 0.15) is 6.61 Å². The number of carbonyl (C=O) groups is 1. The number of amides is 1. The van der Waals surface area contributed by atoms with Gasteiger partial charge in [0.05, 0.1) is 0 Å². The second-order valence-corrected chi connectivity index (χ2v) is 3.33. The van der Waals surface area contributed by atoms with Gasteiger partial charge in [0.15, 0.2) is 0 Å². The molecule has 1 aliphatic rings. The van der Waals surface area contributed by atoms with Crippen molar-refractivity contribution in [3.05, 3.63) is 0 Å². The van der Waals surface area contributed by atoms with Crippen molar-refractivity contribution < 1.29 is 9.53 Å². The molecule has 0 aromatic rings. The van der Waals surface area contributed by atoms with E-state index >= 15 is 0 Å². The van der Waals surface area contributed by atoms with E-state index in [0.29, 0.717) is 12.4 Å². The molecule has 4 heteroatoms. The monoisotopic (exact) mass is 189 g/mol. The van der Waals surface area contributed by atoms with Crippen molar-refractivity contribution in [3.63, 3.8) is 0 Å². The molecule has 12 heavy (non-hydrogen) atoms. The summed E-state index contributed by atoms with van der Waals surface area (Å²) < 4.78 is 4.94. The fraction of sp³-hybridized carbons (Fsp3) is 0.875. The zero-order valence-corrected chi connectivity index (χ0v) is 8.06. The topological polar surface area (TPSA) is 29.5 Å². The summed E-state index contributed by atoms with van der Waals surface area (Å²) in [6.07, 6.45) is 3.27. The second-order valence-electron chi connectivity index (χ2n) is 2.89. The molecule has 1 heterocycles. The van der Waals surface area contributed by atoms with Crippen molar-refractivity contribution in [2.24, 2.45) is 0 Å². The number of hydrogen-bond donors (Lipinski definition) is 1. The van der Waals surface area contributed by atoms with Crippen LogP contribution in [0.2, 0.25) is 0 Å². The molecule has 0 unspecified atom stereocenters. The predicted molar refractivity (Wildman–Crippen MR) is 50.6 cm³/mol. The van der Waals surface area contributed by atoms with Gasteiger partial charge in [-0.2, -0.15) is 12.6 Å². The second kappa shape index (κ2) is 5.30. The first-order valence-corrected chi connectivity index (χ1v) is 5.00. The van der Waals surface area contributed by atoms with Gasteiger partial charge in [-0.15, -0.1) is 0 Å². The van der Waals surface area contributed by atoms with Gasteiger partial charge in [-0.1, -0.05) is 0 Å². The molecule has 1 rings (SSSR count). The van der Waals surface area contributed by atoms with Gasteiger partial charge >= 0.3 is 6.09 Å². The number of piperidine rings is 1. The fourth-order valence-corrected chi connectivity index (χ4v) is 1.39. The minimum atomic E-state index is -0.177.